The molecule has 1 aromatic heterocycles. The first-order valence-corrected chi connectivity index (χ1v) is 10.0. The molecule has 1 saturated heterocycles. The van der Waals surface area contributed by atoms with Gasteiger partial charge in [0.25, 0.3) is 0 Å². The topological polar surface area (TPSA) is 63.2 Å². The molecule has 1 atom stereocenters. The highest BCUT2D eigenvalue weighted by Gasteiger charge is 2.37. The Balaban J connectivity index is 1.78. The van der Waals surface area contributed by atoms with Crippen LogP contribution < -0.4 is 0 Å². The van der Waals surface area contributed by atoms with Crippen LogP contribution in [0.15, 0.2) is 47.4 Å². The van der Waals surface area contributed by atoms with Gasteiger partial charge in [-0.05, 0) is 37.5 Å². The Bertz CT molecular complexity index is 980. The summed E-state index contributed by atoms with van der Waals surface area (Å²) >= 11 is 1.04. The zero-order chi connectivity index (χ0) is 16.7. The molecule has 24 heavy (non-hydrogen) atoms. The number of fused-ring (bicyclic) bond motifs is 1. The summed E-state index contributed by atoms with van der Waals surface area (Å²) in [5.41, 5.74) is 3.32. The zero-order valence-corrected chi connectivity index (χ0v) is 14.8. The minimum atomic E-state index is -3.61. The third-order valence-electron chi connectivity index (χ3n) is 4.50. The average molecular weight is 359 g/mol. The number of hydrogen-bond acceptors (Lipinski definition) is 5. The van der Waals surface area contributed by atoms with Crippen LogP contribution in [0.4, 0.5) is 0 Å². The Labute approximate surface area is 145 Å². The molecular weight excluding hydrogens is 342 g/mol. The standard InChI is InChI=1S/C17H17N3O2S2/c1-12-7-9-13(10-8-12)15-5-3-11-20(15)24(21,22)16-6-2-4-14-17(16)19-23-18-14/h2,4,6-10,15H,3,5,11H2,1H3/t15-/m0/s1. The molecule has 1 aliphatic rings. The summed E-state index contributed by atoms with van der Waals surface area (Å²) in [5, 5.41) is 0. The lowest BCUT2D eigenvalue weighted by Crippen LogP contribution is -2.30. The fourth-order valence-electron chi connectivity index (χ4n) is 3.27. The summed E-state index contributed by atoms with van der Waals surface area (Å²) in [6, 6.07) is 13.2. The van der Waals surface area contributed by atoms with E-state index in [-0.39, 0.29) is 10.9 Å². The van der Waals surface area contributed by atoms with Gasteiger partial charge >= 0.3 is 0 Å². The van der Waals surface area contributed by atoms with E-state index in [1.807, 2.05) is 31.2 Å². The van der Waals surface area contributed by atoms with E-state index in [0.29, 0.717) is 17.6 Å². The van der Waals surface area contributed by atoms with Crippen LogP contribution in [0.2, 0.25) is 0 Å². The number of rotatable bonds is 3. The van der Waals surface area contributed by atoms with E-state index in [0.717, 1.165) is 30.1 Å². The molecule has 3 aromatic rings. The molecule has 4 rings (SSSR count). The van der Waals surface area contributed by atoms with Crippen LogP contribution in [-0.4, -0.2) is 28.0 Å². The van der Waals surface area contributed by atoms with Crippen LogP contribution in [-0.2, 0) is 10.0 Å². The Morgan fingerprint density at radius 2 is 1.92 bits per heavy atom. The van der Waals surface area contributed by atoms with Crippen molar-refractivity contribution in [1.82, 2.24) is 13.1 Å². The highest BCUT2D eigenvalue weighted by molar-refractivity contribution is 7.89. The van der Waals surface area contributed by atoms with Crippen molar-refractivity contribution in [2.45, 2.75) is 30.7 Å². The van der Waals surface area contributed by atoms with Gasteiger partial charge in [-0.1, -0.05) is 35.9 Å². The zero-order valence-electron chi connectivity index (χ0n) is 13.2. The molecule has 0 spiro atoms. The summed E-state index contributed by atoms with van der Waals surface area (Å²) in [5.74, 6) is 0. The summed E-state index contributed by atoms with van der Waals surface area (Å²) in [6.45, 7) is 2.57. The lowest BCUT2D eigenvalue weighted by Gasteiger charge is -2.24. The van der Waals surface area contributed by atoms with Crippen LogP contribution in [0.3, 0.4) is 0 Å². The molecule has 0 unspecified atom stereocenters. The minimum Gasteiger partial charge on any atom is -0.207 e. The molecular formula is C17H17N3O2S2. The fourth-order valence-corrected chi connectivity index (χ4v) is 5.70. The van der Waals surface area contributed by atoms with Crippen molar-refractivity contribution < 1.29 is 8.42 Å². The quantitative estimate of drug-likeness (QED) is 0.718. The van der Waals surface area contributed by atoms with Crippen molar-refractivity contribution in [2.24, 2.45) is 0 Å². The largest absolute Gasteiger partial charge is 0.245 e. The molecule has 0 N–H and O–H groups in total. The normalized spacial score (nSPS) is 19.1. The maximum Gasteiger partial charge on any atom is 0.245 e. The average Bonchev–Trinajstić information content (AvgIpc) is 3.24. The van der Waals surface area contributed by atoms with Gasteiger partial charge in [-0.25, -0.2) is 8.42 Å². The van der Waals surface area contributed by atoms with Gasteiger partial charge in [-0.2, -0.15) is 13.1 Å². The van der Waals surface area contributed by atoms with Gasteiger partial charge in [0.05, 0.1) is 17.8 Å². The Morgan fingerprint density at radius 1 is 1.12 bits per heavy atom. The van der Waals surface area contributed by atoms with E-state index in [9.17, 15) is 8.42 Å². The van der Waals surface area contributed by atoms with Gasteiger partial charge < -0.3 is 0 Å². The molecule has 1 fully saturated rings. The number of hydrogen-bond donors (Lipinski definition) is 0. The highest BCUT2D eigenvalue weighted by Crippen LogP contribution is 2.37. The minimum absolute atomic E-state index is 0.113. The lowest BCUT2D eigenvalue weighted by atomic mass is 10.0. The van der Waals surface area contributed by atoms with Gasteiger partial charge in [0, 0.05) is 6.54 Å². The SMILES string of the molecule is Cc1ccc([C@@H]2CCCN2S(=O)(=O)c2cccc3nsnc23)cc1. The number of sulfonamides is 1. The molecule has 0 amide bonds. The van der Waals surface area contributed by atoms with E-state index >= 15 is 0 Å². The number of aryl methyl sites for hydroxylation is 1. The van der Waals surface area contributed by atoms with Crippen molar-refractivity contribution in [3.8, 4) is 0 Å². The monoisotopic (exact) mass is 359 g/mol. The lowest BCUT2D eigenvalue weighted by molar-refractivity contribution is 0.397. The van der Waals surface area contributed by atoms with Crippen molar-refractivity contribution in [3.05, 3.63) is 53.6 Å². The third kappa shape index (κ3) is 2.53. The third-order valence-corrected chi connectivity index (χ3v) is 6.98. The second-order valence-corrected chi connectivity index (χ2v) is 8.46. The molecule has 2 heterocycles. The van der Waals surface area contributed by atoms with E-state index in [1.165, 1.54) is 5.56 Å². The number of nitrogens with zero attached hydrogens (tertiary/aromatic N) is 3. The van der Waals surface area contributed by atoms with E-state index in [2.05, 4.69) is 8.75 Å². The van der Waals surface area contributed by atoms with Crippen molar-refractivity contribution >= 4 is 32.8 Å². The summed E-state index contributed by atoms with van der Waals surface area (Å²) < 4.78 is 36.5. The van der Waals surface area contributed by atoms with Crippen LogP contribution in [0, 0.1) is 6.92 Å². The first kappa shape index (κ1) is 15.7. The van der Waals surface area contributed by atoms with Gasteiger partial charge in [0.15, 0.2) is 0 Å². The second-order valence-electron chi connectivity index (χ2n) is 6.07. The molecule has 0 aliphatic carbocycles. The number of benzene rings is 2. The number of aromatic nitrogens is 2. The molecule has 1 aliphatic heterocycles. The summed E-state index contributed by atoms with van der Waals surface area (Å²) in [7, 11) is -3.61. The Kier molecular flexibility index (Phi) is 3.86. The maximum atomic E-state index is 13.3. The van der Waals surface area contributed by atoms with Gasteiger partial charge in [-0.15, -0.1) is 0 Å². The summed E-state index contributed by atoms with van der Waals surface area (Å²) in [4.78, 5) is 0.257. The predicted octanol–water partition coefficient (Wildman–Crippen LogP) is 3.53. The Morgan fingerprint density at radius 3 is 2.71 bits per heavy atom. The first-order chi connectivity index (χ1) is 11.6. The second kappa shape index (κ2) is 5.91. The molecule has 0 radical (unpaired) electrons. The molecule has 7 heteroatoms. The smallest absolute Gasteiger partial charge is 0.207 e. The van der Waals surface area contributed by atoms with Crippen LogP contribution in [0.5, 0.6) is 0 Å². The van der Waals surface area contributed by atoms with Crippen LogP contribution >= 0.6 is 11.7 Å². The molecule has 0 bridgehead atoms. The van der Waals surface area contributed by atoms with Crippen LogP contribution in [0.25, 0.3) is 11.0 Å². The van der Waals surface area contributed by atoms with Crippen LogP contribution in [0.1, 0.15) is 30.0 Å². The maximum absolute atomic E-state index is 13.3. The van der Waals surface area contributed by atoms with Gasteiger partial charge in [0.2, 0.25) is 10.0 Å². The highest BCUT2D eigenvalue weighted by atomic mass is 32.2. The first-order valence-electron chi connectivity index (χ1n) is 7.87. The van der Waals surface area contributed by atoms with E-state index < -0.39 is 10.0 Å². The van der Waals surface area contributed by atoms with Gasteiger partial charge in [0.1, 0.15) is 15.9 Å². The molecule has 124 valence electrons. The predicted molar refractivity (Wildman–Crippen MR) is 94.5 cm³/mol. The van der Waals surface area contributed by atoms with E-state index in [1.54, 1.807) is 22.5 Å². The van der Waals surface area contributed by atoms with Gasteiger partial charge in [-0.3, -0.25) is 0 Å². The molecule has 5 nitrogen and oxygen atoms in total. The van der Waals surface area contributed by atoms with Crippen molar-refractivity contribution in [1.29, 1.82) is 0 Å². The Hall–Kier alpha value is -1.83. The molecule has 0 saturated carbocycles. The fraction of sp³-hybridized carbons (Fsp3) is 0.294. The summed E-state index contributed by atoms with van der Waals surface area (Å²) in [6.07, 6.45) is 1.71. The van der Waals surface area contributed by atoms with Crippen molar-refractivity contribution in [3.63, 3.8) is 0 Å². The molecule has 2 aromatic carbocycles. The van der Waals surface area contributed by atoms with E-state index in [4.69, 9.17) is 0 Å². The van der Waals surface area contributed by atoms with Crippen molar-refractivity contribution in [2.75, 3.05) is 6.54 Å².